The van der Waals surface area contributed by atoms with Crippen LogP contribution in [0.4, 0.5) is 5.95 Å². The van der Waals surface area contributed by atoms with E-state index in [2.05, 4.69) is 20.3 Å². The van der Waals surface area contributed by atoms with Gasteiger partial charge in [-0.05, 0) is 30.1 Å². The molecule has 0 aromatic carbocycles. The molecule has 0 spiro atoms. The fourth-order valence-electron chi connectivity index (χ4n) is 0.723. The van der Waals surface area contributed by atoms with Gasteiger partial charge >= 0.3 is 0 Å². The molecule has 0 bridgehead atoms. The summed E-state index contributed by atoms with van der Waals surface area (Å²) in [5, 5.41) is 3.06. The Morgan fingerprint density at radius 3 is 2.36 bits per heavy atom. The summed E-state index contributed by atoms with van der Waals surface area (Å²) in [5.74, 6) is 0.346. The van der Waals surface area contributed by atoms with Crippen molar-refractivity contribution in [1.82, 2.24) is 15.0 Å². The van der Waals surface area contributed by atoms with E-state index in [1.807, 2.05) is 6.92 Å². The van der Waals surface area contributed by atoms with Crippen molar-refractivity contribution in [2.75, 3.05) is 19.0 Å². The fraction of sp³-hybridized carbons (Fsp3) is 0.571. The van der Waals surface area contributed by atoms with Crippen LogP contribution in [0, 0.1) is 0 Å². The normalized spacial score (nSPS) is 12.6. The van der Waals surface area contributed by atoms with Crippen molar-refractivity contribution < 1.29 is 4.74 Å². The Labute approximate surface area is 91.8 Å². The van der Waals surface area contributed by atoms with Crippen molar-refractivity contribution >= 4 is 29.2 Å². The maximum Gasteiger partial charge on any atom is 0.228 e. The average molecular weight is 237 g/mol. The van der Waals surface area contributed by atoms with Crippen molar-refractivity contribution in [3.63, 3.8) is 0 Å². The highest BCUT2D eigenvalue weighted by Crippen LogP contribution is 2.09. The molecule has 0 aliphatic rings. The van der Waals surface area contributed by atoms with Gasteiger partial charge in [-0.1, -0.05) is 0 Å². The number of nitrogens with one attached hydrogen (secondary N) is 1. The molecular weight excluding hydrogens is 227 g/mol. The Kier molecular flexibility index (Phi) is 4.31. The standard InChI is InChI=1S/C7H10Cl2N4O/c1-4(14-2)3-10-7-12-5(8)11-6(9)13-7/h4H,3H2,1-2H3,(H,10,11,12,13). The van der Waals surface area contributed by atoms with Crippen LogP contribution in [0.25, 0.3) is 0 Å². The van der Waals surface area contributed by atoms with Crippen molar-refractivity contribution in [2.45, 2.75) is 13.0 Å². The van der Waals surface area contributed by atoms with E-state index in [0.29, 0.717) is 12.5 Å². The summed E-state index contributed by atoms with van der Waals surface area (Å²) >= 11 is 11.2. The topological polar surface area (TPSA) is 59.9 Å². The molecule has 14 heavy (non-hydrogen) atoms. The van der Waals surface area contributed by atoms with Crippen LogP contribution in [0.5, 0.6) is 0 Å². The maximum absolute atomic E-state index is 5.58. The molecule has 0 saturated heterocycles. The molecule has 7 heteroatoms. The first-order valence-corrected chi connectivity index (χ1v) is 4.71. The summed E-state index contributed by atoms with van der Waals surface area (Å²) in [5.41, 5.74) is 0. The Bertz CT molecular complexity index is 289. The van der Waals surface area contributed by atoms with E-state index in [-0.39, 0.29) is 16.7 Å². The minimum atomic E-state index is 0.0596. The molecule has 0 aliphatic carbocycles. The fourth-order valence-corrected chi connectivity index (χ4v) is 1.09. The third-order valence-electron chi connectivity index (χ3n) is 1.53. The van der Waals surface area contributed by atoms with Gasteiger partial charge in [0.2, 0.25) is 16.5 Å². The monoisotopic (exact) mass is 236 g/mol. The van der Waals surface area contributed by atoms with Gasteiger partial charge in [0, 0.05) is 13.7 Å². The van der Waals surface area contributed by atoms with E-state index in [1.165, 1.54) is 0 Å². The van der Waals surface area contributed by atoms with Crippen LogP contribution >= 0.6 is 23.2 Å². The van der Waals surface area contributed by atoms with Gasteiger partial charge in [-0.3, -0.25) is 0 Å². The molecule has 1 atom stereocenters. The number of nitrogens with zero attached hydrogens (tertiary/aromatic N) is 3. The number of anilines is 1. The number of halogens is 2. The third-order valence-corrected chi connectivity index (χ3v) is 1.87. The predicted octanol–water partition coefficient (Wildman–Crippen LogP) is 1.63. The second kappa shape index (κ2) is 5.29. The van der Waals surface area contributed by atoms with Crippen LogP contribution in [-0.4, -0.2) is 34.7 Å². The van der Waals surface area contributed by atoms with E-state index in [0.717, 1.165) is 0 Å². The van der Waals surface area contributed by atoms with Crippen molar-refractivity contribution in [1.29, 1.82) is 0 Å². The average Bonchev–Trinajstić information content (AvgIpc) is 2.12. The quantitative estimate of drug-likeness (QED) is 0.862. The number of hydrogen-bond acceptors (Lipinski definition) is 5. The highest BCUT2D eigenvalue weighted by atomic mass is 35.5. The zero-order valence-electron chi connectivity index (χ0n) is 7.79. The molecule has 1 N–H and O–H groups in total. The number of hydrogen-bond donors (Lipinski definition) is 1. The first-order chi connectivity index (χ1) is 6.61. The summed E-state index contributed by atoms with van der Waals surface area (Å²) in [6.07, 6.45) is 0.0596. The highest BCUT2D eigenvalue weighted by molar-refractivity contribution is 6.31. The molecule has 1 heterocycles. The molecule has 0 saturated carbocycles. The molecule has 78 valence electrons. The van der Waals surface area contributed by atoms with Crippen molar-refractivity contribution in [3.05, 3.63) is 10.6 Å². The van der Waals surface area contributed by atoms with Gasteiger partial charge < -0.3 is 10.1 Å². The zero-order chi connectivity index (χ0) is 10.6. The lowest BCUT2D eigenvalue weighted by atomic mass is 10.4. The minimum Gasteiger partial charge on any atom is -0.380 e. The van der Waals surface area contributed by atoms with Crippen LogP contribution in [-0.2, 0) is 4.74 Å². The SMILES string of the molecule is COC(C)CNc1nc(Cl)nc(Cl)n1. The van der Waals surface area contributed by atoms with Crippen LogP contribution in [0.3, 0.4) is 0 Å². The van der Waals surface area contributed by atoms with Crippen LogP contribution in [0.15, 0.2) is 0 Å². The zero-order valence-corrected chi connectivity index (χ0v) is 9.30. The van der Waals surface area contributed by atoms with Gasteiger partial charge in [0.1, 0.15) is 0 Å². The predicted molar refractivity (Wildman–Crippen MR) is 54.8 cm³/mol. The molecule has 1 aromatic rings. The number of aromatic nitrogens is 3. The van der Waals surface area contributed by atoms with Crippen molar-refractivity contribution in [3.8, 4) is 0 Å². The maximum atomic E-state index is 5.58. The summed E-state index contributed by atoms with van der Waals surface area (Å²) in [4.78, 5) is 11.3. The Morgan fingerprint density at radius 1 is 1.29 bits per heavy atom. The summed E-state index contributed by atoms with van der Waals surface area (Å²) in [6.45, 7) is 2.49. The largest absolute Gasteiger partial charge is 0.380 e. The lowest BCUT2D eigenvalue weighted by Gasteiger charge is -2.10. The smallest absolute Gasteiger partial charge is 0.228 e. The van der Waals surface area contributed by atoms with Gasteiger partial charge in [0.05, 0.1) is 6.10 Å². The van der Waals surface area contributed by atoms with Crippen LogP contribution in [0.1, 0.15) is 6.92 Å². The van der Waals surface area contributed by atoms with E-state index in [4.69, 9.17) is 27.9 Å². The Hall–Kier alpha value is -0.650. The summed E-state index contributed by atoms with van der Waals surface area (Å²) in [7, 11) is 1.62. The van der Waals surface area contributed by atoms with Gasteiger partial charge in [0.15, 0.2) is 0 Å². The van der Waals surface area contributed by atoms with E-state index < -0.39 is 0 Å². The molecule has 1 rings (SSSR count). The summed E-state index contributed by atoms with van der Waals surface area (Å²) in [6, 6.07) is 0. The molecule has 0 fully saturated rings. The summed E-state index contributed by atoms with van der Waals surface area (Å²) < 4.78 is 5.03. The number of rotatable bonds is 4. The minimum absolute atomic E-state index is 0.0596. The first kappa shape index (κ1) is 11.4. The van der Waals surface area contributed by atoms with Crippen molar-refractivity contribution in [2.24, 2.45) is 0 Å². The molecular formula is C7H10Cl2N4O. The van der Waals surface area contributed by atoms with Crippen LogP contribution in [0.2, 0.25) is 10.6 Å². The van der Waals surface area contributed by atoms with E-state index in [9.17, 15) is 0 Å². The Morgan fingerprint density at radius 2 is 1.86 bits per heavy atom. The van der Waals surface area contributed by atoms with Gasteiger partial charge in [-0.2, -0.15) is 15.0 Å². The van der Waals surface area contributed by atoms with Gasteiger partial charge in [-0.25, -0.2) is 0 Å². The Balaban J connectivity index is 2.58. The molecule has 1 aromatic heterocycles. The first-order valence-electron chi connectivity index (χ1n) is 3.95. The molecule has 5 nitrogen and oxygen atoms in total. The third kappa shape index (κ3) is 3.61. The van der Waals surface area contributed by atoms with E-state index in [1.54, 1.807) is 7.11 Å². The van der Waals surface area contributed by atoms with Gasteiger partial charge in [-0.15, -0.1) is 0 Å². The van der Waals surface area contributed by atoms with Crippen LogP contribution < -0.4 is 5.32 Å². The second-order valence-corrected chi connectivity index (χ2v) is 3.30. The molecule has 0 aliphatic heterocycles. The lowest BCUT2D eigenvalue weighted by Crippen LogP contribution is -2.19. The highest BCUT2D eigenvalue weighted by Gasteiger charge is 2.04. The lowest BCUT2D eigenvalue weighted by molar-refractivity contribution is 0.128. The molecule has 0 radical (unpaired) electrons. The second-order valence-electron chi connectivity index (χ2n) is 2.62. The number of ether oxygens (including phenoxy) is 1. The molecule has 1 unspecified atom stereocenters. The molecule has 0 amide bonds. The van der Waals surface area contributed by atoms with E-state index >= 15 is 0 Å². The number of methoxy groups -OCH3 is 1. The van der Waals surface area contributed by atoms with Gasteiger partial charge in [0.25, 0.3) is 0 Å².